The van der Waals surface area contributed by atoms with Crippen molar-refractivity contribution in [2.75, 3.05) is 42.7 Å². The number of anilines is 2. The summed E-state index contributed by atoms with van der Waals surface area (Å²) in [6.45, 7) is 3.70. The van der Waals surface area contributed by atoms with E-state index in [-0.39, 0.29) is 5.91 Å². The molecular weight excluding hydrogens is 436 g/mol. The topological polar surface area (TPSA) is 54.4 Å². The Balaban J connectivity index is 1.29. The molecule has 0 unspecified atom stereocenters. The van der Waals surface area contributed by atoms with Crippen molar-refractivity contribution in [1.82, 2.24) is 15.4 Å². The SMILES string of the molecule is O=C(CN1CCN(c2ccccc2)CC1)N1NC(c2ccccc2)=NN1c1cccc(Cl)c1. The summed E-state index contributed by atoms with van der Waals surface area (Å²) in [5.74, 6) is 0.524. The number of carbonyl (C=O) groups is 1. The molecule has 0 atom stereocenters. The van der Waals surface area contributed by atoms with Gasteiger partial charge in [-0.3, -0.25) is 15.1 Å². The third kappa shape index (κ3) is 4.79. The van der Waals surface area contributed by atoms with Gasteiger partial charge in [0.05, 0.1) is 12.2 Å². The number of amides is 1. The van der Waals surface area contributed by atoms with E-state index in [0.717, 1.165) is 31.7 Å². The largest absolute Gasteiger partial charge is 0.369 e. The lowest BCUT2D eigenvalue weighted by atomic mass is 10.2. The summed E-state index contributed by atoms with van der Waals surface area (Å²) in [6, 6.07) is 27.5. The summed E-state index contributed by atoms with van der Waals surface area (Å²) in [5.41, 5.74) is 6.01. The molecule has 1 amide bonds. The van der Waals surface area contributed by atoms with Gasteiger partial charge in [0, 0.05) is 42.5 Å². The summed E-state index contributed by atoms with van der Waals surface area (Å²) in [6.07, 6.45) is 0. The zero-order valence-corrected chi connectivity index (χ0v) is 18.9. The number of halogens is 1. The van der Waals surface area contributed by atoms with Gasteiger partial charge in [-0.15, -0.1) is 15.3 Å². The van der Waals surface area contributed by atoms with Crippen LogP contribution in [0.3, 0.4) is 0 Å². The van der Waals surface area contributed by atoms with Crippen molar-refractivity contribution in [3.63, 3.8) is 0 Å². The van der Waals surface area contributed by atoms with E-state index >= 15 is 0 Å². The van der Waals surface area contributed by atoms with Crippen LogP contribution < -0.4 is 15.4 Å². The molecular formula is C25H25ClN6O. The molecule has 33 heavy (non-hydrogen) atoms. The second kappa shape index (κ2) is 9.52. The summed E-state index contributed by atoms with van der Waals surface area (Å²) >= 11 is 6.21. The second-order valence-corrected chi connectivity index (χ2v) is 8.44. The van der Waals surface area contributed by atoms with Gasteiger partial charge in [0.1, 0.15) is 0 Å². The third-order valence-electron chi connectivity index (χ3n) is 5.77. The first-order chi connectivity index (χ1) is 16.2. The summed E-state index contributed by atoms with van der Waals surface area (Å²) in [4.78, 5) is 17.9. The predicted molar refractivity (Wildman–Crippen MR) is 132 cm³/mol. The van der Waals surface area contributed by atoms with E-state index < -0.39 is 0 Å². The Kier molecular flexibility index (Phi) is 6.15. The van der Waals surface area contributed by atoms with Gasteiger partial charge in [0.25, 0.3) is 5.91 Å². The van der Waals surface area contributed by atoms with Gasteiger partial charge in [-0.25, -0.2) is 0 Å². The quantitative estimate of drug-likeness (QED) is 0.630. The van der Waals surface area contributed by atoms with Crippen LogP contribution >= 0.6 is 11.6 Å². The first kappa shape index (κ1) is 21.3. The maximum Gasteiger partial charge on any atom is 0.276 e. The maximum absolute atomic E-state index is 13.4. The Labute approximate surface area is 198 Å². The van der Waals surface area contributed by atoms with E-state index in [0.29, 0.717) is 23.1 Å². The van der Waals surface area contributed by atoms with Crippen molar-refractivity contribution in [3.05, 3.63) is 95.5 Å². The number of hydrogen-bond donors (Lipinski definition) is 1. The Morgan fingerprint density at radius 3 is 2.21 bits per heavy atom. The predicted octanol–water partition coefficient (Wildman–Crippen LogP) is 3.59. The molecule has 0 saturated carbocycles. The monoisotopic (exact) mass is 460 g/mol. The molecule has 8 heteroatoms. The molecule has 0 bridgehead atoms. The molecule has 3 aromatic rings. The average Bonchev–Trinajstić information content (AvgIpc) is 3.32. The minimum Gasteiger partial charge on any atom is -0.369 e. The van der Waals surface area contributed by atoms with Crippen LogP contribution in [0, 0.1) is 0 Å². The first-order valence-corrected chi connectivity index (χ1v) is 11.4. The number of nitrogens with one attached hydrogen (secondary N) is 1. The highest BCUT2D eigenvalue weighted by molar-refractivity contribution is 6.30. The minimum atomic E-state index is -0.0854. The number of para-hydroxylation sites is 1. The fourth-order valence-electron chi connectivity index (χ4n) is 4.03. The van der Waals surface area contributed by atoms with E-state index in [2.05, 4.69) is 44.6 Å². The van der Waals surface area contributed by atoms with E-state index in [9.17, 15) is 4.79 Å². The molecule has 7 nitrogen and oxygen atoms in total. The molecule has 1 fully saturated rings. The molecule has 0 aliphatic carbocycles. The molecule has 3 aromatic carbocycles. The molecule has 168 valence electrons. The molecule has 2 aliphatic rings. The summed E-state index contributed by atoms with van der Waals surface area (Å²) < 4.78 is 0. The number of hydrazine groups is 2. The maximum atomic E-state index is 13.4. The highest BCUT2D eigenvalue weighted by Gasteiger charge is 2.32. The first-order valence-electron chi connectivity index (χ1n) is 11.0. The summed E-state index contributed by atoms with van der Waals surface area (Å²) in [7, 11) is 0. The number of hydrogen-bond acceptors (Lipinski definition) is 6. The standard InChI is InChI=1S/C25H25ClN6O/c26-21-10-7-13-23(18-21)31-27-25(20-8-3-1-4-9-20)28-32(31)24(33)19-29-14-16-30(17-15-29)22-11-5-2-6-12-22/h1-13,18H,14-17,19H2,(H,27,28). The average molecular weight is 461 g/mol. The molecule has 5 rings (SSSR count). The fourth-order valence-corrected chi connectivity index (χ4v) is 4.22. The van der Waals surface area contributed by atoms with Crippen LogP contribution in [0.25, 0.3) is 0 Å². The number of rotatable bonds is 5. The molecule has 1 N–H and O–H groups in total. The van der Waals surface area contributed by atoms with Gasteiger partial charge in [-0.05, 0) is 30.3 Å². The lowest BCUT2D eigenvalue weighted by Gasteiger charge is -2.36. The van der Waals surface area contributed by atoms with Crippen molar-refractivity contribution in [2.24, 2.45) is 5.10 Å². The van der Waals surface area contributed by atoms with Crippen molar-refractivity contribution in [2.45, 2.75) is 0 Å². The Bertz CT molecular complexity index is 1130. The van der Waals surface area contributed by atoms with Crippen molar-refractivity contribution >= 4 is 34.7 Å². The Morgan fingerprint density at radius 1 is 0.848 bits per heavy atom. The van der Waals surface area contributed by atoms with Crippen LogP contribution in [0.4, 0.5) is 11.4 Å². The van der Waals surface area contributed by atoms with E-state index in [1.165, 1.54) is 10.8 Å². The Hall–Kier alpha value is -3.55. The highest BCUT2D eigenvalue weighted by atomic mass is 35.5. The number of amidine groups is 1. The van der Waals surface area contributed by atoms with Crippen molar-refractivity contribution in [1.29, 1.82) is 0 Å². The van der Waals surface area contributed by atoms with Gasteiger partial charge >= 0.3 is 0 Å². The van der Waals surface area contributed by atoms with Gasteiger partial charge in [-0.2, -0.15) is 0 Å². The van der Waals surface area contributed by atoms with Crippen LogP contribution in [0.2, 0.25) is 5.02 Å². The number of nitrogens with zero attached hydrogens (tertiary/aromatic N) is 5. The molecule has 2 aliphatic heterocycles. The van der Waals surface area contributed by atoms with Gasteiger partial charge < -0.3 is 4.90 Å². The van der Waals surface area contributed by atoms with Gasteiger partial charge in [-0.1, -0.05) is 66.2 Å². The molecule has 0 radical (unpaired) electrons. The zero-order chi connectivity index (χ0) is 22.6. The van der Waals surface area contributed by atoms with E-state index in [1.54, 1.807) is 17.3 Å². The van der Waals surface area contributed by atoms with Crippen LogP contribution in [0.1, 0.15) is 5.56 Å². The van der Waals surface area contributed by atoms with Crippen LogP contribution in [0.15, 0.2) is 90.0 Å². The number of carbonyl (C=O) groups excluding carboxylic acids is 1. The molecule has 0 spiro atoms. The molecule has 1 saturated heterocycles. The molecule has 2 heterocycles. The van der Waals surface area contributed by atoms with E-state index in [1.807, 2.05) is 48.5 Å². The van der Waals surface area contributed by atoms with Crippen molar-refractivity contribution < 1.29 is 4.79 Å². The Morgan fingerprint density at radius 2 is 1.52 bits per heavy atom. The fraction of sp³-hybridized carbons (Fsp3) is 0.200. The highest BCUT2D eigenvalue weighted by Crippen LogP contribution is 2.24. The third-order valence-corrected chi connectivity index (χ3v) is 6.01. The van der Waals surface area contributed by atoms with Crippen LogP contribution in [-0.2, 0) is 4.79 Å². The summed E-state index contributed by atoms with van der Waals surface area (Å²) in [5, 5.41) is 8.31. The van der Waals surface area contributed by atoms with Crippen LogP contribution in [0.5, 0.6) is 0 Å². The van der Waals surface area contributed by atoms with Gasteiger partial charge in [0.2, 0.25) is 0 Å². The van der Waals surface area contributed by atoms with Gasteiger partial charge in [0.15, 0.2) is 5.84 Å². The lowest BCUT2D eigenvalue weighted by Crippen LogP contribution is -2.55. The number of piperazine rings is 1. The smallest absolute Gasteiger partial charge is 0.276 e. The lowest BCUT2D eigenvalue weighted by molar-refractivity contribution is -0.134. The number of hydrazone groups is 1. The zero-order valence-electron chi connectivity index (χ0n) is 18.1. The number of benzene rings is 3. The second-order valence-electron chi connectivity index (χ2n) is 8.00. The van der Waals surface area contributed by atoms with E-state index in [4.69, 9.17) is 11.6 Å². The van der Waals surface area contributed by atoms with Crippen molar-refractivity contribution in [3.8, 4) is 0 Å². The van der Waals surface area contributed by atoms with Crippen LogP contribution in [-0.4, -0.2) is 54.5 Å². The minimum absolute atomic E-state index is 0.0854. The normalized spacial score (nSPS) is 16.5. The molecule has 0 aromatic heterocycles.